The number of carbonyl (C=O) groups is 1. The summed E-state index contributed by atoms with van der Waals surface area (Å²) in [5.41, 5.74) is 1.44. The number of aryl methyl sites for hydroxylation is 2. The van der Waals surface area contributed by atoms with Crippen molar-refractivity contribution >= 4 is 5.97 Å². The van der Waals surface area contributed by atoms with Crippen LogP contribution in [-0.2, 0) is 11.2 Å². The van der Waals surface area contributed by atoms with Crippen molar-refractivity contribution in [3.05, 3.63) is 29.7 Å². The molecule has 0 unspecified atom stereocenters. The SMILES string of the molecule is Cc1ccc(-c2nnc(CCCCC(=O)O)o2)cc1O. The summed E-state index contributed by atoms with van der Waals surface area (Å²) in [7, 11) is 0. The number of nitrogens with zero attached hydrogens (tertiary/aromatic N) is 2. The van der Waals surface area contributed by atoms with Crippen LogP contribution in [0.4, 0.5) is 0 Å². The molecule has 6 heteroatoms. The molecule has 0 aliphatic heterocycles. The van der Waals surface area contributed by atoms with Gasteiger partial charge >= 0.3 is 5.97 Å². The third kappa shape index (κ3) is 3.57. The van der Waals surface area contributed by atoms with Crippen LogP contribution in [0, 0.1) is 6.92 Å². The molecule has 0 saturated heterocycles. The van der Waals surface area contributed by atoms with Crippen molar-refractivity contribution in [2.24, 2.45) is 0 Å². The first-order valence-corrected chi connectivity index (χ1v) is 6.40. The number of benzene rings is 1. The van der Waals surface area contributed by atoms with Crippen molar-refractivity contribution < 1.29 is 19.4 Å². The smallest absolute Gasteiger partial charge is 0.303 e. The summed E-state index contributed by atoms with van der Waals surface area (Å²) in [6.45, 7) is 1.81. The van der Waals surface area contributed by atoms with E-state index in [1.165, 1.54) is 0 Å². The van der Waals surface area contributed by atoms with Gasteiger partial charge in [0, 0.05) is 18.4 Å². The number of aromatic nitrogens is 2. The summed E-state index contributed by atoms with van der Waals surface area (Å²) in [5.74, 6) is 0.217. The second-order valence-electron chi connectivity index (χ2n) is 4.60. The van der Waals surface area contributed by atoms with Crippen molar-refractivity contribution in [2.45, 2.75) is 32.6 Å². The Morgan fingerprint density at radius 2 is 2.10 bits per heavy atom. The number of phenols is 1. The van der Waals surface area contributed by atoms with Gasteiger partial charge in [0.2, 0.25) is 11.8 Å². The molecule has 0 fully saturated rings. The van der Waals surface area contributed by atoms with Gasteiger partial charge in [-0.15, -0.1) is 10.2 Å². The van der Waals surface area contributed by atoms with Crippen LogP contribution in [0.3, 0.4) is 0 Å². The first kappa shape index (κ1) is 14.0. The van der Waals surface area contributed by atoms with Gasteiger partial charge in [0.05, 0.1) is 0 Å². The second-order valence-corrected chi connectivity index (χ2v) is 4.60. The third-order valence-electron chi connectivity index (χ3n) is 2.95. The molecule has 6 nitrogen and oxygen atoms in total. The zero-order valence-electron chi connectivity index (χ0n) is 11.2. The van der Waals surface area contributed by atoms with Crippen LogP contribution in [0.15, 0.2) is 22.6 Å². The van der Waals surface area contributed by atoms with E-state index in [0.717, 1.165) is 5.56 Å². The monoisotopic (exact) mass is 276 g/mol. The van der Waals surface area contributed by atoms with Crippen molar-refractivity contribution in [1.82, 2.24) is 10.2 Å². The summed E-state index contributed by atoms with van der Waals surface area (Å²) in [4.78, 5) is 10.4. The van der Waals surface area contributed by atoms with Crippen LogP contribution < -0.4 is 0 Å². The highest BCUT2D eigenvalue weighted by molar-refractivity contribution is 5.66. The van der Waals surface area contributed by atoms with E-state index in [9.17, 15) is 9.90 Å². The van der Waals surface area contributed by atoms with Crippen LogP contribution >= 0.6 is 0 Å². The number of aliphatic carboxylic acids is 1. The van der Waals surface area contributed by atoms with Gasteiger partial charge in [-0.1, -0.05) is 6.07 Å². The molecule has 106 valence electrons. The molecule has 1 heterocycles. The number of rotatable bonds is 6. The van der Waals surface area contributed by atoms with Gasteiger partial charge in [-0.05, 0) is 37.5 Å². The fraction of sp³-hybridized carbons (Fsp3) is 0.357. The lowest BCUT2D eigenvalue weighted by Crippen LogP contribution is -1.95. The molecule has 1 aromatic carbocycles. The Morgan fingerprint density at radius 1 is 1.30 bits per heavy atom. The Morgan fingerprint density at radius 3 is 2.80 bits per heavy atom. The summed E-state index contributed by atoms with van der Waals surface area (Å²) < 4.78 is 5.49. The highest BCUT2D eigenvalue weighted by atomic mass is 16.4. The molecule has 0 aliphatic rings. The van der Waals surface area contributed by atoms with Gasteiger partial charge in [-0.25, -0.2) is 0 Å². The maximum Gasteiger partial charge on any atom is 0.303 e. The molecule has 2 N–H and O–H groups in total. The number of hydrogen-bond donors (Lipinski definition) is 2. The highest BCUT2D eigenvalue weighted by Crippen LogP contribution is 2.25. The summed E-state index contributed by atoms with van der Waals surface area (Å²) >= 11 is 0. The lowest BCUT2D eigenvalue weighted by atomic mass is 10.1. The van der Waals surface area contributed by atoms with Crippen LogP contribution in [0.5, 0.6) is 5.75 Å². The Balaban J connectivity index is 1.97. The molecule has 0 spiro atoms. The van der Waals surface area contributed by atoms with Crippen LogP contribution in [0.1, 0.15) is 30.7 Å². The first-order chi connectivity index (χ1) is 9.56. The minimum atomic E-state index is -0.800. The molecule has 1 aromatic heterocycles. The van der Waals surface area contributed by atoms with E-state index in [2.05, 4.69) is 10.2 Å². The summed E-state index contributed by atoms with van der Waals surface area (Å²) in [6, 6.07) is 5.16. The van der Waals surface area contributed by atoms with E-state index < -0.39 is 5.97 Å². The topological polar surface area (TPSA) is 96.5 Å². The van der Waals surface area contributed by atoms with Crippen molar-refractivity contribution in [3.8, 4) is 17.2 Å². The zero-order valence-corrected chi connectivity index (χ0v) is 11.2. The minimum absolute atomic E-state index is 0.146. The van der Waals surface area contributed by atoms with Gasteiger partial charge in [-0.2, -0.15) is 0 Å². The van der Waals surface area contributed by atoms with E-state index in [-0.39, 0.29) is 12.2 Å². The second kappa shape index (κ2) is 6.18. The summed E-state index contributed by atoms with van der Waals surface area (Å²) in [5, 5.41) is 26.0. The van der Waals surface area contributed by atoms with E-state index >= 15 is 0 Å². The largest absolute Gasteiger partial charge is 0.508 e. The van der Waals surface area contributed by atoms with E-state index in [1.807, 2.05) is 0 Å². The third-order valence-corrected chi connectivity index (χ3v) is 2.95. The molecular weight excluding hydrogens is 260 g/mol. The predicted molar refractivity (Wildman–Crippen MR) is 71.3 cm³/mol. The van der Waals surface area contributed by atoms with Crippen molar-refractivity contribution in [1.29, 1.82) is 0 Å². The number of unbranched alkanes of at least 4 members (excludes halogenated alkanes) is 1. The Kier molecular flexibility index (Phi) is 4.34. The molecular formula is C14H16N2O4. The Hall–Kier alpha value is -2.37. The number of carboxylic acids is 1. The molecule has 0 bridgehead atoms. The van der Waals surface area contributed by atoms with E-state index in [4.69, 9.17) is 9.52 Å². The molecule has 0 saturated carbocycles. The number of aromatic hydroxyl groups is 1. The van der Waals surface area contributed by atoms with Gasteiger partial charge in [0.25, 0.3) is 0 Å². The van der Waals surface area contributed by atoms with Gasteiger partial charge in [0.1, 0.15) is 5.75 Å². The predicted octanol–water partition coefficient (Wildman–Crippen LogP) is 2.55. The average molecular weight is 276 g/mol. The van der Waals surface area contributed by atoms with Gasteiger partial charge in [0.15, 0.2) is 0 Å². The normalized spacial score (nSPS) is 10.7. The van der Waals surface area contributed by atoms with Crippen LogP contribution in [0.25, 0.3) is 11.5 Å². The Labute approximate surface area is 116 Å². The molecule has 20 heavy (non-hydrogen) atoms. The Bertz CT molecular complexity index is 607. The fourth-order valence-electron chi connectivity index (χ4n) is 1.77. The average Bonchev–Trinajstić information content (AvgIpc) is 2.86. The van der Waals surface area contributed by atoms with E-state index in [1.54, 1.807) is 25.1 Å². The number of hydrogen-bond acceptors (Lipinski definition) is 5. The number of carboxylic acid groups (broad SMARTS) is 1. The quantitative estimate of drug-likeness (QED) is 0.787. The molecule has 2 rings (SSSR count). The standard InChI is InChI=1S/C14H16N2O4/c1-9-6-7-10(8-11(9)17)14-16-15-12(20-14)4-2-3-5-13(18)19/h6-8,17H,2-5H2,1H3,(H,18,19). The molecule has 0 radical (unpaired) electrons. The maximum atomic E-state index is 10.4. The van der Waals surface area contributed by atoms with E-state index in [0.29, 0.717) is 36.6 Å². The molecule has 0 amide bonds. The summed E-state index contributed by atoms with van der Waals surface area (Å²) in [6.07, 6.45) is 1.97. The van der Waals surface area contributed by atoms with Crippen molar-refractivity contribution in [2.75, 3.05) is 0 Å². The lowest BCUT2D eigenvalue weighted by Gasteiger charge is -1.99. The van der Waals surface area contributed by atoms with Crippen molar-refractivity contribution in [3.63, 3.8) is 0 Å². The molecule has 0 aliphatic carbocycles. The first-order valence-electron chi connectivity index (χ1n) is 6.40. The maximum absolute atomic E-state index is 10.4. The number of phenolic OH excluding ortho intramolecular Hbond substituents is 1. The zero-order chi connectivity index (χ0) is 14.5. The van der Waals surface area contributed by atoms with Crippen LogP contribution in [0.2, 0.25) is 0 Å². The molecule has 0 atom stereocenters. The van der Waals surface area contributed by atoms with Gasteiger partial charge in [-0.3, -0.25) is 4.79 Å². The minimum Gasteiger partial charge on any atom is -0.508 e. The van der Waals surface area contributed by atoms with Gasteiger partial charge < -0.3 is 14.6 Å². The molecule has 2 aromatic rings. The lowest BCUT2D eigenvalue weighted by molar-refractivity contribution is -0.137. The highest BCUT2D eigenvalue weighted by Gasteiger charge is 2.10. The van der Waals surface area contributed by atoms with Crippen LogP contribution in [-0.4, -0.2) is 26.4 Å². The fourth-order valence-corrected chi connectivity index (χ4v) is 1.77.